The van der Waals surface area contributed by atoms with Gasteiger partial charge in [0.15, 0.2) is 5.78 Å². The molecule has 2 aromatic carbocycles. The van der Waals surface area contributed by atoms with Crippen LogP contribution in [0.2, 0.25) is 0 Å². The minimum absolute atomic E-state index is 0.222. The summed E-state index contributed by atoms with van der Waals surface area (Å²) in [6.07, 6.45) is 0.522. The zero-order valence-corrected chi connectivity index (χ0v) is 9.89. The predicted molar refractivity (Wildman–Crippen MR) is 69.3 cm³/mol. The lowest BCUT2D eigenvalue weighted by molar-refractivity contribution is 0.0993. The van der Waals surface area contributed by atoms with Gasteiger partial charge < -0.3 is 0 Å². The van der Waals surface area contributed by atoms with Crippen molar-refractivity contribution in [2.24, 2.45) is 0 Å². The number of Topliss-reactive ketones (excluding diaryl/α,β-unsaturated/α-hetero) is 1. The molecule has 1 atom stereocenters. The molecule has 3 rings (SSSR count). The van der Waals surface area contributed by atoms with Crippen molar-refractivity contribution in [3.05, 3.63) is 53.6 Å². The number of hydrogen-bond donors (Lipinski definition) is 0. The number of rotatable bonds is 0. The Morgan fingerprint density at radius 1 is 0.938 bits per heavy atom. The minimum Gasteiger partial charge on any atom is -0.294 e. The topological polar surface area (TPSA) is 17.1 Å². The Labute approximate surface area is 96.7 Å². The van der Waals surface area contributed by atoms with Gasteiger partial charge >= 0.3 is 0 Å². The highest BCUT2D eigenvalue weighted by atomic mass is 31.0. The Bertz CT molecular complexity index is 587. The average molecular weight is 226 g/mol. The van der Waals surface area contributed by atoms with Crippen molar-refractivity contribution in [3.63, 3.8) is 0 Å². The van der Waals surface area contributed by atoms with Crippen LogP contribution in [0.5, 0.6) is 0 Å². The van der Waals surface area contributed by atoms with Crippen LogP contribution < -0.4 is 5.30 Å². The molecule has 0 amide bonds. The summed E-state index contributed by atoms with van der Waals surface area (Å²) in [6.45, 7) is 0. The SMILES string of the molecule is O=C1Cc2ccccc2-c2cccc(P)c21. The second kappa shape index (κ2) is 3.54. The zero-order chi connectivity index (χ0) is 11.1. The number of fused-ring (bicyclic) bond motifs is 3. The van der Waals surface area contributed by atoms with Gasteiger partial charge in [0.1, 0.15) is 0 Å². The molecule has 78 valence electrons. The molecule has 0 fully saturated rings. The van der Waals surface area contributed by atoms with Gasteiger partial charge in [-0.3, -0.25) is 4.79 Å². The summed E-state index contributed by atoms with van der Waals surface area (Å²) in [5.74, 6) is 0.222. The molecule has 2 heteroatoms. The highest BCUT2D eigenvalue weighted by Gasteiger charge is 2.23. The molecule has 1 unspecified atom stereocenters. The van der Waals surface area contributed by atoms with Crippen LogP contribution in [-0.2, 0) is 6.42 Å². The number of benzene rings is 2. The lowest BCUT2D eigenvalue weighted by atomic mass is 9.85. The van der Waals surface area contributed by atoms with Crippen LogP contribution in [-0.4, -0.2) is 5.78 Å². The van der Waals surface area contributed by atoms with Crippen molar-refractivity contribution >= 4 is 20.3 Å². The number of hydrogen-bond acceptors (Lipinski definition) is 1. The summed E-state index contributed by atoms with van der Waals surface area (Å²) >= 11 is 0. The standard InChI is InChI=1S/C14H11OP/c15-12-8-9-4-1-2-5-10(9)11-6-3-7-13(16)14(11)12/h1-7H,8,16H2. The van der Waals surface area contributed by atoms with Gasteiger partial charge in [0.2, 0.25) is 0 Å². The number of carbonyl (C=O) groups excluding carboxylic acids is 1. The molecule has 2 aromatic rings. The van der Waals surface area contributed by atoms with Crippen molar-refractivity contribution in [2.45, 2.75) is 6.42 Å². The molecule has 0 heterocycles. The molecule has 0 saturated carbocycles. The first-order chi connectivity index (χ1) is 7.77. The Morgan fingerprint density at radius 3 is 2.56 bits per heavy atom. The Balaban J connectivity index is 2.37. The molecule has 0 bridgehead atoms. The summed E-state index contributed by atoms with van der Waals surface area (Å²) in [6, 6.07) is 14.1. The highest BCUT2D eigenvalue weighted by molar-refractivity contribution is 7.27. The molecular weight excluding hydrogens is 215 g/mol. The molecule has 0 spiro atoms. The van der Waals surface area contributed by atoms with Crippen molar-refractivity contribution in [3.8, 4) is 11.1 Å². The van der Waals surface area contributed by atoms with Gasteiger partial charge in [-0.05, 0) is 22.0 Å². The smallest absolute Gasteiger partial charge is 0.168 e. The van der Waals surface area contributed by atoms with Gasteiger partial charge in [0.05, 0.1) is 0 Å². The Morgan fingerprint density at radius 2 is 1.69 bits per heavy atom. The molecule has 1 aliphatic carbocycles. The quantitative estimate of drug-likeness (QED) is 0.631. The van der Waals surface area contributed by atoms with Crippen molar-refractivity contribution in [1.29, 1.82) is 0 Å². The summed E-state index contributed by atoms with van der Waals surface area (Å²) in [7, 11) is 2.65. The average Bonchev–Trinajstić information content (AvgIpc) is 2.29. The molecule has 0 aliphatic heterocycles. The van der Waals surface area contributed by atoms with Crippen LogP contribution in [0.25, 0.3) is 11.1 Å². The molecule has 1 aliphatic rings. The van der Waals surface area contributed by atoms with E-state index in [1.165, 1.54) is 5.56 Å². The molecule has 0 radical (unpaired) electrons. The van der Waals surface area contributed by atoms with Crippen LogP contribution in [0.4, 0.5) is 0 Å². The van der Waals surface area contributed by atoms with E-state index in [0.717, 1.165) is 22.0 Å². The van der Waals surface area contributed by atoms with Gasteiger partial charge in [-0.1, -0.05) is 42.5 Å². The van der Waals surface area contributed by atoms with Crippen LogP contribution >= 0.6 is 9.24 Å². The zero-order valence-electron chi connectivity index (χ0n) is 8.73. The van der Waals surface area contributed by atoms with Gasteiger partial charge in [-0.15, -0.1) is 9.24 Å². The Kier molecular flexibility index (Phi) is 2.15. The van der Waals surface area contributed by atoms with Crippen molar-refractivity contribution < 1.29 is 4.79 Å². The van der Waals surface area contributed by atoms with E-state index < -0.39 is 0 Å². The molecular formula is C14H11OP. The van der Waals surface area contributed by atoms with Crippen molar-refractivity contribution in [1.82, 2.24) is 0 Å². The predicted octanol–water partition coefficient (Wildman–Crippen LogP) is 2.59. The summed E-state index contributed by atoms with van der Waals surface area (Å²) in [5.41, 5.74) is 4.27. The van der Waals surface area contributed by atoms with Crippen molar-refractivity contribution in [2.75, 3.05) is 0 Å². The normalized spacial score (nSPS) is 13.2. The maximum Gasteiger partial charge on any atom is 0.168 e. The van der Waals surface area contributed by atoms with E-state index >= 15 is 0 Å². The first kappa shape index (κ1) is 9.74. The van der Waals surface area contributed by atoms with E-state index in [2.05, 4.69) is 15.3 Å². The lowest BCUT2D eigenvalue weighted by Gasteiger charge is -2.20. The number of ketones is 1. The fourth-order valence-electron chi connectivity index (χ4n) is 2.30. The first-order valence-electron chi connectivity index (χ1n) is 5.27. The molecule has 0 aromatic heterocycles. The van der Waals surface area contributed by atoms with E-state index in [1.807, 2.05) is 36.4 Å². The van der Waals surface area contributed by atoms with Gasteiger partial charge in [0.25, 0.3) is 0 Å². The van der Waals surface area contributed by atoms with Crippen LogP contribution in [0.3, 0.4) is 0 Å². The van der Waals surface area contributed by atoms with E-state index in [4.69, 9.17) is 0 Å². The van der Waals surface area contributed by atoms with E-state index in [9.17, 15) is 4.79 Å². The van der Waals surface area contributed by atoms with E-state index in [1.54, 1.807) is 0 Å². The van der Waals surface area contributed by atoms with E-state index in [-0.39, 0.29) is 5.78 Å². The number of carbonyl (C=O) groups is 1. The second-order valence-corrected chi connectivity index (χ2v) is 4.65. The van der Waals surface area contributed by atoms with Crippen LogP contribution in [0.1, 0.15) is 15.9 Å². The monoisotopic (exact) mass is 226 g/mol. The van der Waals surface area contributed by atoms with Gasteiger partial charge in [-0.2, -0.15) is 0 Å². The third-order valence-corrected chi connectivity index (χ3v) is 3.52. The molecule has 0 saturated heterocycles. The summed E-state index contributed by atoms with van der Waals surface area (Å²) in [4.78, 5) is 12.1. The van der Waals surface area contributed by atoms with Gasteiger partial charge in [-0.25, -0.2) is 0 Å². The van der Waals surface area contributed by atoms with E-state index in [0.29, 0.717) is 6.42 Å². The molecule has 16 heavy (non-hydrogen) atoms. The maximum absolute atomic E-state index is 12.1. The summed E-state index contributed by atoms with van der Waals surface area (Å²) < 4.78 is 0. The fourth-order valence-corrected chi connectivity index (χ4v) is 2.73. The molecule has 0 N–H and O–H groups in total. The Hall–Kier alpha value is -1.46. The summed E-state index contributed by atoms with van der Waals surface area (Å²) in [5, 5.41) is 0.997. The second-order valence-electron chi connectivity index (χ2n) is 4.03. The van der Waals surface area contributed by atoms with Gasteiger partial charge in [0, 0.05) is 12.0 Å². The third kappa shape index (κ3) is 1.32. The third-order valence-electron chi connectivity index (χ3n) is 3.03. The fraction of sp³-hybridized carbons (Fsp3) is 0.0714. The highest BCUT2D eigenvalue weighted by Crippen LogP contribution is 2.32. The minimum atomic E-state index is 0.222. The first-order valence-corrected chi connectivity index (χ1v) is 5.85. The largest absolute Gasteiger partial charge is 0.294 e. The lowest BCUT2D eigenvalue weighted by Crippen LogP contribution is -2.18. The van der Waals surface area contributed by atoms with Crippen LogP contribution in [0.15, 0.2) is 42.5 Å². The molecule has 1 nitrogen and oxygen atoms in total. The van der Waals surface area contributed by atoms with Crippen LogP contribution in [0, 0.1) is 0 Å². The maximum atomic E-state index is 12.1.